The Balaban J connectivity index is 1.82. The molecule has 0 unspecified atom stereocenters. The van der Waals surface area contributed by atoms with Crippen LogP contribution in [0.2, 0.25) is 4.34 Å². The van der Waals surface area contributed by atoms with E-state index in [1.165, 1.54) is 50.1 Å². The molecule has 4 bridgehead atoms. The van der Waals surface area contributed by atoms with Crippen molar-refractivity contribution in [2.45, 2.75) is 44.1 Å². The summed E-state index contributed by atoms with van der Waals surface area (Å²) in [6.45, 7) is 0. The Morgan fingerprint density at radius 2 is 1.71 bits per heavy atom. The highest BCUT2D eigenvalue weighted by Gasteiger charge is 2.52. The van der Waals surface area contributed by atoms with Crippen LogP contribution in [0.4, 0.5) is 0 Å². The van der Waals surface area contributed by atoms with Crippen molar-refractivity contribution in [3.8, 4) is 0 Å². The lowest BCUT2D eigenvalue weighted by Crippen LogP contribution is -2.53. The van der Waals surface area contributed by atoms with E-state index >= 15 is 0 Å². The summed E-state index contributed by atoms with van der Waals surface area (Å²) in [6.07, 6.45) is 7.88. The first-order valence-electron chi connectivity index (χ1n) is 6.54. The summed E-state index contributed by atoms with van der Waals surface area (Å²) in [5.41, 5.74) is 0.269. The van der Waals surface area contributed by atoms with Crippen LogP contribution in [0.25, 0.3) is 0 Å². The molecule has 17 heavy (non-hydrogen) atoms. The normalized spacial score (nSPS) is 43.2. The topological polar surface area (TPSA) is 22.0 Å². The third-order valence-electron chi connectivity index (χ3n) is 5.05. The van der Waals surface area contributed by atoms with Gasteiger partial charge in [0.2, 0.25) is 0 Å². The molecule has 0 aromatic carbocycles. The van der Waals surface area contributed by atoms with Gasteiger partial charge in [0.1, 0.15) is 4.34 Å². The molecule has 4 saturated carbocycles. The van der Waals surface area contributed by atoms with Crippen molar-refractivity contribution in [3.05, 3.63) is 20.8 Å². The van der Waals surface area contributed by atoms with Crippen LogP contribution in [0.1, 0.15) is 38.5 Å². The smallest absolute Gasteiger partial charge is 0.262 e. The van der Waals surface area contributed by atoms with Crippen molar-refractivity contribution in [3.63, 3.8) is 0 Å². The van der Waals surface area contributed by atoms with Gasteiger partial charge in [-0.1, -0.05) is 11.6 Å². The molecule has 0 radical (unpaired) electrons. The van der Waals surface area contributed by atoms with Crippen molar-refractivity contribution >= 4 is 23.1 Å². The molecule has 4 heteroatoms. The van der Waals surface area contributed by atoms with Crippen molar-refractivity contribution in [2.75, 3.05) is 0 Å². The van der Waals surface area contributed by atoms with Gasteiger partial charge in [-0.25, -0.2) is 0 Å². The number of halogens is 1. The summed E-state index contributed by atoms with van der Waals surface area (Å²) in [6, 6.07) is 1.59. The van der Waals surface area contributed by atoms with Crippen LogP contribution < -0.4 is 5.56 Å². The van der Waals surface area contributed by atoms with Gasteiger partial charge in [-0.15, -0.1) is 0 Å². The van der Waals surface area contributed by atoms with Gasteiger partial charge in [-0.3, -0.25) is 8.75 Å². The molecule has 0 N–H and O–H groups in total. The Hall–Kier alpha value is -0.280. The average molecular weight is 270 g/mol. The number of aromatic nitrogens is 1. The molecule has 0 atom stereocenters. The molecule has 0 amide bonds. The molecule has 1 heterocycles. The van der Waals surface area contributed by atoms with Gasteiger partial charge in [0, 0.05) is 6.07 Å². The minimum atomic E-state index is 0.127. The minimum absolute atomic E-state index is 0.127. The van der Waals surface area contributed by atoms with Crippen LogP contribution in [0.15, 0.2) is 10.9 Å². The summed E-state index contributed by atoms with van der Waals surface area (Å²) >= 11 is 7.48. The van der Waals surface area contributed by atoms with Gasteiger partial charge in [0.25, 0.3) is 5.56 Å². The van der Waals surface area contributed by atoms with Gasteiger partial charge in [0.05, 0.1) is 5.54 Å². The van der Waals surface area contributed by atoms with Crippen molar-refractivity contribution in [1.82, 2.24) is 3.96 Å². The number of rotatable bonds is 1. The van der Waals surface area contributed by atoms with Crippen molar-refractivity contribution < 1.29 is 0 Å². The lowest BCUT2D eigenvalue weighted by Gasteiger charge is -2.56. The lowest BCUT2D eigenvalue weighted by molar-refractivity contribution is -0.0389. The maximum atomic E-state index is 12.0. The van der Waals surface area contributed by atoms with E-state index in [0.717, 1.165) is 17.8 Å². The molecule has 4 aliphatic carbocycles. The van der Waals surface area contributed by atoms with Crippen molar-refractivity contribution in [2.24, 2.45) is 17.8 Å². The standard InChI is InChI=1S/C13H16ClNOS/c14-11-4-12(16)15(17-11)13-5-8-1-9(6-13)3-10(2-8)7-13/h4,8-10H,1-3,5-7H2. The molecule has 0 spiro atoms. The summed E-state index contributed by atoms with van der Waals surface area (Å²) in [4.78, 5) is 12.0. The summed E-state index contributed by atoms with van der Waals surface area (Å²) in [5, 5.41) is 0. The number of hydrogen-bond acceptors (Lipinski definition) is 2. The molecule has 4 fully saturated rings. The third kappa shape index (κ3) is 1.48. The highest BCUT2D eigenvalue weighted by atomic mass is 35.5. The van der Waals surface area contributed by atoms with Crippen LogP contribution in [-0.2, 0) is 5.54 Å². The molecule has 2 nitrogen and oxygen atoms in total. The Morgan fingerprint density at radius 1 is 1.18 bits per heavy atom. The molecule has 1 aromatic heterocycles. The molecule has 92 valence electrons. The van der Waals surface area contributed by atoms with Crippen LogP contribution in [-0.4, -0.2) is 3.96 Å². The molecular weight excluding hydrogens is 254 g/mol. The average Bonchev–Trinajstić information content (AvgIpc) is 2.56. The predicted molar refractivity (Wildman–Crippen MR) is 69.7 cm³/mol. The summed E-state index contributed by atoms with van der Waals surface area (Å²) < 4.78 is 2.66. The molecular formula is C13H16ClNOS. The highest BCUT2D eigenvalue weighted by Crippen LogP contribution is 2.58. The van der Waals surface area contributed by atoms with Gasteiger partial charge in [0.15, 0.2) is 0 Å². The first-order valence-corrected chi connectivity index (χ1v) is 7.69. The Morgan fingerprint density at radius 3 is 2.12 bits per heavy atom. The van der Waals surface area contributed by atoms with Crippen molar-refractivity contribution in [1.29, 1.82) is 0 Å². The first kappa shape index (κ1) is 10.6. The summed E-state index contributed by atoms with van der Waals surface area (Å²) in [7, 11) is 0. The zero-order valence-electron chi connectivity index (χ0n) is 9.69. The maximum Gasteiger partial charge on any atom is 0.262 e. The fraction of sp³-hybridized carbons (Fsp3) is 0.769. The number of nitrogens with zero attached hydrogens (tertiary/aromatic N) is 1. The van der Waals surface area contributed by atoms with Gasteiger partial charge in [-0.05, 0) is 67.8 Å². The van der Waals surface area contributed by atoms with E-state index in [4.69, 9.17) is 11.6 Å². The zero-order valence-corrected chi connectivity index (χ0v) is 11.3. The van der Waals surface area contributed by atoms with Gasteiger partial charge < -0.3 is 0 Å². The largest absolute Gasteiger partial charge is 0.268 e. The quantitative estimate of drug-likeness (QED) is 0.765. The fourth-order valence-electron chi connectivity index (χ4n) is 4.96. The molecule has 5 rings (SSSR count). The molecule has 0 saturated heterocycles. The second kappa shape index (κ2) is 3.39. The highest BCUT2D eigenvalue weighted by molar-refractivity contribution is 7.11. The van der Waals surface area contributed by atoms with E-state index < -0.39 is 0 Å². The van der Waals surface area contributed by atoms with Crippen LogP contribution in [0.3, 0.4) is 0 Å². The number of hydrogen-bond donors (Lipinski definition) is 0. The van der Waals surface area contributed by atoms with Gasteiger partial charge >= 0.3 is 0 Å². The van der Waals surface area contributed by atoms with E-state index in [9.17, 15) is 4.79 Å². The molecule has 4 aliphatic rings. The second-order valence-corrected chi connectivity index (χ2v) is 7.93. The summed E-state index contributed by atoms with van der Waals surface area (Å²) in [5.74, 6) is 2.61. The second-order valence-electron chi connectivity index (χ2n) is 6.31. The van der Waals surface area contributed by atoms with E-state index in [2.05, 4.69) is 0 Å². The van der Waals surface area contributed by atoms with Crippen LogP contribution >= 0.6 is 23.1 Å². The Kier molecular flexibility index (Phi) is 2.12. The fourth-order valence-corrected chi connectivity index (χ4v) is 6.15. The SMILES string of the molecule is O=c1cc(Cl)sn1C12CC3CC(CC(C3)C1)C2. The minimum Gasteiger partial charge on any atom is -0.268 e. The van der Waals surface area contributed by atoms with E-state index in [1.54, 1.807) is 6.07 Å². The Bertz CT molecular complexity index is 482. The zero-order chi connectivity index (χ0) is 11.6. The molecule has 0 aliphatic heterocycles. The third-order valence-corrected chi connectivity index (χ3v) is 6.41. The van der Waals surface area contributed by atoms with Gasteiger partial charge in [-0.2, -0.15) is 0 Å². The maximum absolute atomic E-state index is 12.0. The van der Waals surface area contributed by atoms with E-state index in [1.807, 2.05) is 3.96 Å². The monoisotopic (exact) mass is 269 g/mol. The first-order chi connectivity index (χ1) is 8.14. The van der Waals surface area contributed by atoms with Crippen LogP contribution in [0, 0.1) is 17.8 Å². The molecule has 1 aromatic rings. The van der Waals surface area contributed by atoms with E-state index in [-0.39, 0.29) is 11.1 Å². The lowest BCUT2D eigenvalue weighted by atomic mass is 9.53. The predicted octanol–water partition coefficient (Wildman–Crippen LogP) is 3.49. The van der Waals surface area contributed by atoms with E-state index in [0.29, 0.717) is 4.34 Å². The Labute approximate surface area is 110 Å². The van der Waals surface area contributed by atoms with Crippen LogP contribution in [0.5, 0.6) is 0 Å².